The highest BCUT2D eigenvalue weighted by Gasteiger charge is 2.03. The Bertz CT molecular complexity index is 234. The molecule has 0 aromatic carbocycles. The van der Waals surface area contributed by atoms with Crippen LogP contribution in [0.5, 0.6) is 0 Å². The lowest BCUT2D eigenvalue weighted by molar-refractivity contribution is -0.158. The van der Waals surface area contributed by atoms with Gasteiger partial charge in [0.05, 0.1) is 39.5 Å². The molecule has 0 spiro atoms. The quantitative estimate of drug-likeness (QED) is 0.442. The van der Waals surface area contributed by atoms with Crippen molar-refractivity contribution in [2.45, 2.75) is 20.3 Å². The van der Waals surface area contributed by atoms with E-state index in [0.717, 1.165) is 0 Å². The molecule has 0 aliphatic rings. The van der Waals surface area contributed by atoms with Crippen LogP contribution in [0, 0.1) is 0 Å². The highest BCUT2D eigenvalue weighted by atomic mass is 16.7. The number of ether oxygens (including phenoxy) is 3. The summed E-state index contributed by atoms with van der Waals surface area (Å²) in [5.41, 5.74) is 1.94. The van der Waals surface area contributed by atoms with E-state index in [1.165, 1.54) is 6.92 Å². The fourth-order valence-electron chi connectivity index (χ4n) is 0.919. The molecule has 7 heteroatoms. The molecule has 18 heavy (non-hydrogen) atoms. The molecule has 0 aromatic heterocycles. The van der Waals surface area contributed by atoms with Crippen LogP contribution in [0.4, 0.5) is 0 Å². The van der Waals surface area contributed by atoms with Crippen molar-refractivity contribution in [2.24, 2.45) is 0 Å². The summed E-state index contributed by atoms with van der Waals surface area (Å²) in [6, 6.07) is 0. The van der Waals surface area contributed by atoms with Gasteiger partial charge in [0.2, 0.25) is 5.91 Å². The number of carbonyl (C=O) groups is 2. The van der Waals surface area contributed by atoms with Gasteiger partial charge in [-0.1, -0.05) is 0 Å². The first kappa shape index (κ1) is 16.8. The van der Waals surface area contributed by atoms with Crippen LogP contribution < -0.4 is 5.48 Å². The number of hydroxylamine groups is 1. The number of hydrogen-bond acceptors (Lipinski definition) is 6. The molecule has 0 aromatic rings. The molecule has 0 fully saturated rings. The zero-order valence-electron chi connectivity index (χ0n) is 10.9. The van der Waals surface area contributed by atoms with Crippen molar-refractivity contribution in [3.05, 3.63) is 0 Å². The van der Waals surface area contributed by atoms with Gasteiger partial charge in [0, 0.05) is 13.5 Å². The molecule has 0 rings (SSSR count). The van der Waals surface area contributed by atoms with Gasteiger partial charge in [0.1, 0.15) is 0 Å². The Balaban J connectivity index is 3.15. The molecule has 0 saturated heterocycles. The van der Waals surface area contributed by atoms with Crippen LogP contribution in [0.25, 0.3) is 0 Å². The van der Waals surface area contributed by atoms with Crippen molar-refractivity contribution in [1.29, 1.82) is 0 Å². The maximum absolute atomic E-state index is 11.0. The molecule has 0 saturated carbocycles. The van der Waals surface area contributed by atoms with Gasteiger partial charge < -0.3 is 19.0 Å². The molecular formula is C11H21NO6. The van der Waals surface area contributed by atoms with E-state index in [4.69, 9.17) is 14.2 Å². The summed E-state index contributed by atoms with van der Waals surface area (Å²) in [4.78, 5) is 25.8. The standard InChI is InChI=1S/C11H21NO6/c1-3-15-6-7-17-9-8-16-5-4-11(14)18-12-10(2)13/h3-9H2,1-2H3,(H,12,13). The number of nitrogens with one attached hydrogen (secondary N) is 1. The topological polar surface area (TPSA) is 83.1 Å². The van der Waals surface area contributed by atoms with Crippen molar-refractivity contribution in [3.63, 3.8) is 0 Å². The summed E-state index contributed by atoms with van der Waals surface area (Å²) in [6.45, 7) is 6.03. The van der Waals surface area contributed by atoms with Crippen LogP contribution in [0.2, 0.25) is 0 Å². The first-order valence-corrected chi connectivity index (χ1v) is 5.86. The third-order valence-electron chi connectivity index (χ3n) is 1.71. The minimum atomic E-state index is -0.539. The summed E-state index contributed by atoms with van der Waals surface area (Å²) < 4.78 is 15.4. The second kappa shape index (κ2) is 12.3. The lowest BCUT2D eigenvalue weighted by atomic mass is 10.5. The Kier molecular flexibility index (Phi) is 11.5. The fraction of sp³-hybridized carbons (Fsp3) is 0.818. The number of amides is 1. The van der Waals surface area contributed by atoms with Gasteiger partial charge in [-0.25, -0.2) is 4.79 Å². The summed E-state index contributed by atoms with van der Waals surface area (Å²) in [6.07, 6.45) is 0.0826. The molecule has 7 nitrogen and oxygen atoms in total. The van der Waals surface area contributed by atoms with Gasteiger partial charge in [-0.2, -0.15) is 5.48 Å². The molecular weight excluding hydrogens is 242 g/mol. The molecule has 0 aliphatic carbocycles. The Morgan fingerprint density at radius 3 is 2.06 bits per heavy atom. The number of carbonyl (C=O) groups excluding carboxylic acids is 2. The second-order valence-corrected chi connectivity index (χ2v) is 3.30. The molecule has 0 aliphatic heterocycles. The van der Waals surface area contributed by atoms with Gasteiger partial charge in [0.15, 0.2) is 0 Å². The molecule has 1 amide bonds. The molecule has 0 bridgehead atoms. The normalized spacial score (nSPS) is 10.1. The van der Waals surface area contributed by atoms with Crippen LogP contribution in [0.15, 0.2) is 0 Å². The van der Waals surface area contributed by atoms with Gasteiger partial charge in [-0.3, -0.25) is 4.79 Å². The summed E-state index contributed by atoms with van der Waals surface area (Å²) in [7, 11) is 0. The van der Waals surface area contributed by atoms with E-state index in [2.05, 4.69) is 4.84 Å². The maximum Gasteiger partial charge on any atom is 0.334 e. The third kappa shape index (κ3) is 12.9. The average Bonchev–Trinajstić information content (AvgIpc) is 2.34. The van der Waals surface area contributed by atoms with Crippen LogP contribution in [-0.4, -0.2) is 51.5 Å². The Morgan fingerprint density at radius 1 is 0.944 bits per heavy atom. The zero-order chi connectivity index (χ0) is 13.6. The molecule has 0 heterocycles. The molecule has 106 valence electrons. The van der Waals surface area contributed by atoms with Crippen molar-refractivity contribution in [2.75, 3.05) is 39.6 Å². The Hall–Kier alpha value is -1.18. The Morgan fingerprint density at radius 2 is 1.50 bits per heavy atom. The minimum absolute atomic E-state index is 0.0826. The number of hydrogen-bond donors (Lipinski definition) is 1. The van der Waals surface area contributed by atoms with E-state index in [1.54, 1.807) is 0 Å². The van der Waals surface area contributed by atoms with Crippen LogP contribution in [0.1, 0.15) is 20.3 Å². The van der Waals surface area contributed by atoms with E-state index in [1.807, 2.05) is 12.4 Å². The van der Waals surface area contributed by atoms with Gasteiger partial charge in [0.25, 0.3) is 0 Å². The maximum atomic E-state index is 11.0. The smallest absolute Gasteiger partial charge is 0.334 e. The first-order valence-electron chi connectivity index (χ1n) is 5.86. The van der Waals surface area contributed by atoms with Crippen LogP contribution >= 0.6 is 0 Å². The zero-order valence-corrected chi connectivity index (χ0v) is 10.9. The van der Waals surface area contributed by atoms with Crippen molar-refractivity contribution in [1.82, 2.24) is 5.48 Å². The predicted octanol–water partition coefficient (Wildman–Crippen LogP) is 0.0405. The first-order chi connectivity index (χ1) is 8.66. The summed E-state index contributed by atoms with van der Waals surface area (Å²) >= 11 is 0. The molecule has 0 radical (unpaired) electrons. The van der Waals surface area contributed by atoms with Crippen molar-refractivity contribution >= 4 is 11.9 Å². The van der Waals surface area contributed by atoms with Gasteiger partial charge >= 0.3 is 5.97 Å². The van der Waals surface area contributed by atoms with Crippen molar-refractivity contribution < 1.29 is 28.6 Å². The van der Waals surface area contributed by atoms with Crippen LogP contribution in [0.3, 0.4) is 0 Å². The van der Waals surface area contributed by atoms with E-state index in [9.17, 15) is 9.59 Å². The van der Waals surface area contributed by atoms with Gasteiger partial charge in [-0.05, 0) is 6.92 Å². The fourth-order valence-corrected chi connectivity index (χ4v) is 0.919. The van der Waals surface area contributed by atoms with Gasteiger partial charge in [-0.15, -0.1) is 0 Å². The highest BCUT2D eigenvalue weighted by molar-refractivity contribution is 5.75. The molecule has 1 N–H and O–H groups in total. The second-order valence-electron chi connectivity index (χ2n) is 3.30. The SMILES string of the molecule is CCOCCOCCOCCC(=O)ONC(C)=O. The predicted molar refractivity (Wildman–Crippen MR) is 62.7 cm³/mol. The average molecular weight is 263 g/mol. The molecule has 0 atom stereocenters. The largest absolute Gasteiger partial charge is 0.379 e. The monoisotopic (exact) mass is 263 g/mol. The lowest BCUT2D eigenvalue weighted by Gasteiger charge is -2.06. The summed E-state index contributed by atoms with van der Waals surface area (Å²) in [5.74, 6) is -0.963. The minimum Gasteiger partial charge on any atom is -0.379 e. The lowest BCUT2D eigenvalue weighted by Crippen LogP contribution is -2.25. The van der Waals surface area contributed by atoms with E-state index >= 15 is 0 Å². The summed E-state index contributed by atoms with van der Waals surface area (Å²) in [5, 5.41) is 0. The highest BCUT2D eigenvalue weighted by Crippen LogP contribution is 1.87. The third-order valence-corrected chi connectivity index (χ3v) is 1.71. The van der Waals surface area contributed by atoms with Crippen LogP contribution in [-0.2, 0) is 28.6 Å². The Labute approximate surface area is 107 Å². The van der Waals surface area contributed by atoms with E-state index in [0.29, 0.717) is 33.0 Å². The number of rotatable bonds is 10. The molecule has 0 unspecified atom stereocenters. The van der Waals surface area contributed by atoms with E-state index < -0.39 is 11.9 Å². The van der Waals surface area contributed by atoms with E-state index in [-0.39, 0.29) is 13.0 Å². The van der Waals surface area contributed by atoms with Crippen molar-refractivity contribution in [3.8, 4) is 0 Å².